The molecule has 3 nitrogen and oxygen atoms in total. The van der Waals surface area contributed by atoms with Crippen molar-refractivity contribution in [2.75, 3.05) is 0 Å². The number of hydrogen-bond donors (Lipinski definition) is 0. The van der Waals surface area contributed by atoms with Crippen molar-refractivity contribution >= 4 is 6.16 Å². The number of carbonyl (C=O) groups excluding carboxylic acids is 1. The van der Waals surface area contributed by atoms with Crippen molar-refractivity contribution in [2.45, 2.75) is 25.0 Å². The minimum atomic E-state index is -0.602. The summed E-state index contributed by atoms with van der Waals surface area (Å²) in [6.45, 7) is 0. The average Bonchev–Trinajstić information content (AvgIpc) is 2.31. The van der Waals surface area contributed by atoms with Crippen molar-refractivity contribution in [1.82, 2.24) is 0 Å². The zero-order valence-corrected chi connectivity index (χ0v) is 8.91. The summed E-state index contributed by atoms with van der Waals surface area (Å²) in [5.74, 6) is 0. The van der Waals surface area contributed by atoms with Crippen LogP contribution >= 0.6 is 0 Å². The van der Waals surface area contributed by atoms with Crippen LogP contribution in [0.3, 0.4) is 0 Å². The van der Waals surface area contributed by atoms with Gasteiger partial charge in [0.1, 0.15) is 12.2 Å². The zero-order chi connectivity index (χ0) is 11.2. The lowest BCUT2D eigenvalue weighted by atomic mass is 10.1. The summed E-state index contributed by atoms with van der Waals surface area (Å²) < 4.78 is 10.3. The summed E-state index contributed by atoms with van der Waals surface area (Å²) in [4.78, 5) is 11.4. The monoisotopic (exact) mass is 218 g/mol. The van der Waals surface area contributed by atoms with Crippen molar-refractivity contribution in [3.63, 3.8) is 0 Å². The highest BCUT2D eigenvalue weighted by Crippen LogP contribution is 2.12. The molecular formula is C13H14O3. The zero-order valence-electron chi connectivity index (χ0n) is 8.91. The summed E-state index contributed by atoms with van der Waals surface area (Å²) in [6.07, 6.45) is 15.6. The Balaban J connectivity index is 1.76. The molecule has 2 aliphatic carbocycles. The van der Waals surface area contributed by atoms with Gasteiger partial charge in [-0.1, -0.05) is 36.5 Å². The molecule has 0 bridgehead atoms. The van der Waals surface area contributed by atoms with Gasteiger partial charge in [-0.3, -0.25) is 0 Å². The molecule has 0 saturated carbocycles. The largest absolute Gasteiger partial charge is 0.509 e. The first kappa shape index (κ1) is 10.7. The Morgan fingerprint density at radius 3 is 1.75 bits per heavy atom. The van der Waals surface area contributed by atoms with Crippen LogP contribution in [0.1, 0.15) is 12.8 Å². The third-order valence-electron chi connectivity index (χ3n) is 2.38. The molecule has 2 atom stereocenters. The predicted octanol–water partition coefficient (Wildman–Crippen LogP) is 2.91. The Labute approximate surface area is 94.7 Å². The van der Waals surface area contributed by atoms with Crippen molar-refractivity contribution in [2.24, 2.45) is 0 Å². The van der Waals surface area contributed by atoms with Crippen LogP contribution in [0.25, 0.3) is 0 Å². The van der Waals surface area contributed by atoms with Crippen molar-refractivity contribution in [1.29, 1.82) is 0 Å². The van der Waals surface area contributed by atoms with Gasteiger partial charge in [-0.25, -0.2) is 4.79 Å². The standard InChI is InChI=1S/C13H14O3/c14-13(15-11-7-3-1-4-8-11)16-12-9-5-2-6-10-12/h1-7,9,11-12H,8,10H2. The highest BCUT2D eigenvalue weighted by molar-refractivity contribution is 5.61. The first-order valence-corrected chi connectivity index (χ1v) is 5.38. The molecule has 2 rings (SSSR count). The fraction of sp³-hybridized carbons (Fsp3) is 0.308. The van der Waals surface area contributed by atoms with Crippen molar-refractivity contribution < 1.29 is 14.3 Å². The Morgan fingerprint density at radius 1 is 0.875 bits per heavy atom. The van der Waals surface area contributed by atoms with Gasteiger partial charge in [-0.15, -0.1) is 0 Å². The lowest BCUT2D eigenvalue weighted by Crippen LogP contribution is -2.22. The van der Waals surface area contributed by atoms with Gasteiger partial charge in [0.05, 0.1) is 0 Å². The SMILES string of the molecule is O=C(OC1C=CC=CC1)OC1C=CC=CC1. The molecule has 2 unspecified atom stereocenters. The molecule has 0 spiro atoms. The highest BCUT2D eigenvalue weighted by atomic mass is 16.7. The Hall–Kier alpha value is -1.77. The number of rotatable bonds is 2. The topological polar surface area (TPSA) is 35.5 Å². The molecule has 16 heavy (non-hydrogen) atoms. The Kier molecular flexibility index (Phi) is 3.59. The van der Waals surface area contributed by atoms with Crippen LogP contribution in [-0.2, 0) is 9.47 Å². The van der Waals surface area contributed by atoms with E-state index >= 15 is 0 Å². The second-order valence-electron chi connectivity index (χ2n) is 3.66. The van der Waals surface area contributed by atoms with E-state index in [1.807, 2.05) is 48.6 Å². The Bertz CT molecular complexity index is 329. The van der Waals surface area contributed by atoms with E-state index in [1.165, 1.54) is 0 Å². The molecule has 0 fully saturated rings. The van der Waals surface area contributed by atoms with Gasteiger partial charge < -0.3 is 9.47 Å². The number of carbonyl (C=O) groups is 1. The molecule has 0 amide bonds. The van der Waals surface area contributed by atoms with Gasteiger partial charge in [0.2, 0.25) is 0 Å². The fourth-order valence-corrected chi connectivity index (χ4v) is 1.57. The molecule has 0 radical (unpaired) electrons. The van der Waals surface area contributed by atoms with Crippen LogP contribution in [0.2, 0.25) is 0 Å². The minimum absolute atomic E-state index is 0.194. The molecule has 0 aromatic rings. The highest BCUT2D eigenvalue weighted by Gasteiger charge is 2.16. The third kappa shape index (κ3) is 3.12. The average molecular weight is 218 g/mol. The van der Waals surface area contributed by atoms with Gasteiger partial charge >= 0.3 is 6.16 Å². The fourth-order valence-electron chi connectivity index (χ4n) is 1.57. The molecule has 0 aliphatic heterocycles. The molecule has 0 saturated heterocycles. The second kappa shape index (κ2) is 5.35. The van der Waals surface area contributed by atoms with E-state index in [0.29, 0.717) is 12.8 Å². The molecule has 2 aliphatic rings. The predicted molar refractivity (Wildman–Crippen MR) is 60.9 cm³/mol. The maximum absolute atomic E-state index is 11.4. The van der Waals surface area contributed by atoms with Crippen LogP contribution in [0.4, 0.5) is 4.79 Å². The van der Waals surface area contributed by atoms with Gasteiger partial charge in [0.15, 0.2) is 0 Å². The number of hydrogen-bond acceptors (Lipinski definition) is 3. The van der Waals surface area contributed by atoms with Crippen LogP contribution < -0.4 is 0 Å². The maximum Gasteiger partial charge on any atom is 0.509 e. The Morgan fingerprint density at radius 2 is 1.38 bits per heavy atom. The van der Waals surface area contributed by atoms with E-state index in [2.05, 4.69) is 0 Å². The van der Waals surface area contributed by atoms with Crippen molar-refractivity contribution in [3.05, 3.63) is 48.6 Å². The van der Waals surface area contributed by atoms with E-state index in [0.717, 1.165) is 0 Å². The van der Waals surface area contributed by atoms with E-state index < -0.39 is 6.16 Å². The lowest BCUT2D eigenvalue weighted by molar-refractivity contribution is 0.0223. The molecular weight excluding hydrogens is 204 g/mol. The first-order valence-electron chi connectivity index (χ1n) is 5.38. The van der Waals surface area contributed by atoms with E-state index in [-0.39, 0.29) is 12.2 Å². The number of ether oxygens (including phenoxy) is 2. The van der Waals surface area contributed by atoms with E-state index in [4.69, 9.17) is 9.47 Å². The molecule has 0 aromatic carbocycles. The smallest absolute Gasteiger partial charge is 0.426 e. The third-order valence-corrected chi connectivity index (χ3v) is 2.38. The molecule has 0 aromatic heterocycles. The van der Waals surface area contributed by atoms with Gasteiger partial charge in [-0.2, -0.15) is 0 Å². The molecule has 0 N–H and O–H groups in total. The molecule has 84 valence electrons. The van der Waals surface area contributed by atoms with Crippen molar-refractivity contribution in [3.8, 4) is 0 Å². The van der Waals surface area contributed by atoms with Gasteiger partial charge in [-0.05, 0) is 12.2 Å². The van der Waals surface area contributed by atoms with E-state index in [1.54, 1.807) is 0 Å². The summed E-state index contributed by atoms with van der Waals surface area (Å²) in [6, 6.07) is 0. The van der Waals surface area contributed by atoms with E-state index in [9.17, 15) is 4.79 Å². The normalized spacial score (nSPS) is 26.8. The van der Waals surface area contributed by atoms with Gasteiger partial charge in [0, 0.05) is 12.8 Å². The van der Waals surface area contributed by atoms with Crippen LogP contribution in [0.5, 0.6) is 0 Å². The number of allylic oxidation sites excluding steroid dienone is 4. The van der Waals surface area contributed by atoms with Gasteiger partial charge in [0.25, 0.3) is 0 Å². The van der Waals surface area contributed by atoms with Crippen LogP contribution in [0.15, 0.2) is 48.6 Å². The van der Waals surface area contributed by atoms with Crippen LogP contribution in [0, 0.1) is 0 Å². The summed E-state index contributed by atoms with van der Waals surface area (Å²) in [5.41, 5.74) is 0. The summed E-state index contributed by atoms with van der Waals surface area (Å²) >= 11 is 0. The molecule has 0 heterocycles. The summed E-state index contributed by atoms with van der Waals surface area (Å²) in [5, 5.41) is 0. The molecule has 3 heteroatoms. The second-order valence-corrected chi connectivity index (χ2v) is 3.66. The van der Waals surface area contributed by atoms with Crippen LogP contribution in [-0.4, -0.2) is 18.4 Å². The lowest BCUT2D eigenvalue weighted by Gasteiger charge is -2.17. The summed E-state index contributed by atoms with van der Waals surface area (Å²) in [7, 11) is 0. The quantitative estimate of drug-likeness (QED) is 0.668. The maximum atomic E-state index is 11.4. The first-order chi connectivity index (χ1) is 7.84. The minimum Gasteiger partial charge on any atom is -0.426 e.